The van der Waals surface area contributed by atoms with Crippen LogP contribution in [0.3, 0.4) is 0 Å². The lowest BCUT2D eigenvalue weighted by atomic mass is 10.1. The summed E-state index contributed by atoms with van der Waals surface area (Å²) in [4.78, 5) is 41.5. The summed E-state index contributed by atoms with van der Waals surface area (Å²) in [5, 5.41) is 0. The van der Waals surface area contributed by atoms with Crippen LogP contribution in [0, 0.1) is 13.8 Å². The number of carbonyl (C=O) groups is 3. The highest BCUT2D eigenvalue weighted by molar-refractivity contribution is 7.90. The van der Waals surface area contributed by atoms with Crippen LogP contribution in [0.2, 0.25) is 0 Å². The molecule has 1 N–H and O–H groups in total. The molecule has 0 aliphatic carbocycles. The predicted octanol–water partition coefficient (Wildman–Crippen LogP) is 1.03. The van der Waals surface area contributed by atoms with E-state index in [0.29, 0.717) is 11.3 Å². The largest absolute Gasteiger partial charge is 0.465 e. The third kappa shape index (κ3) is 4.06. The van der Waals surface area contributed by atoms with E-state index in [1.807, 2.05) is 0 Å². The molecule has 0 spiro atoms. The topological polar surface area (TPSA) is 135 Å². The van der Waals surface area contributed by atoms with E-state index < -0.39 is 33.8 Å². The Labute approximate surface area is 173 Å². The molecule has 0 saturated carbocycles. The summed E-state index contributed by atoms with van der Waals surface area (Å²) in [6.45, 7) is 4.84. The minimum Gasteiger partial charge on any atom is -0.465 e. The monoisotopic (exact) mass is 435 g/mol. The summed E-state index contributed by atoms with van der Waals surface area (Å²) in [7, 11) is -2.25. The van der Waals surface area contributed by atoms with Crippen molar-refractivity contribution in [2.75, 3.05) is 19.4 Å². The summed E-state index contributed by atoms with van der Waals surface area (Å²) >= 11 is 0. The first kappa shape index (κ1) is 21.5. The number of aryl methyl sites for hydroxylation is 1. The molecule has 1 unspecified atom stereocenters. The molecule has 2 aliphatic heterocycles. The van der Waals surface area contributed by atoms with Gasteiger partial charge in [-0.15, -0.1) is 4.40 Å². The maximum Gasteiger partial charge on any atom is 0.340 e. The first-order valence-corrected chi connectivity index (χ1v) is 10.7. The summed E-state index contributed by atoms with van der Waals surface area (Å²) in [5.74, 6) is -1.75. The molecule has 1 atom stereocenters. The zero-order chi connectivity index (χ0) is 22.2. The number of sulfonamides is 1. The zero-order valence-electron chi connectivity index (χ0n) is 16.9. The molecular weight excluding hydrogens is 414 g/mol. The molecule has 0 fully saturated rings. The average molecular weight is 435 g/mol. The number of nitrogens with one attached hydrogen (secondary N) is 1. The molecule has 1 aromatic heterocycles. The maximum atomic E-state index is 12.8. The number of hydrogen-bond acceptors (Lipinski definition) is 8. The van der Waals surface area contributed by atoms with E-state index in [4.69, 9.17) is 9.47 Å². The maximum absolute atomic E-state index is 12.8. The number of hydrogen-bond donors (Lipinski definition) is 1. The van der Waals surface area contributed by atoms with Crippen molar-refractivity contribution in [1.82, 2.24) is 9.88 Å². The molecular formula is C19H21N3O7S. The zero-order valence-corrected chi connectivity index (χ0v) is 17.7. The quantitative estimate of drug-likeness (QED) is 0.535. The molecule has 0 radical (unpaired) electrons. The molecule has 3 rings (SSSR count). The van der Waals surface area contributed by atoms with Crippen LogP contribution in [0.4, 0.5) is 0 Å². The van der Waals surface area contributed by atoms with Gasteiger partial charge in [0.25, 0.3) is 10.0 Å². The molecule has 0 aromatic carbocycles. The van der Waals surface area contributed by atoms with Gasteiger partial charge in [-0.25, -0.2) is 18.0 Å². The highest BCUT2D eigenvalue weighted by Crippen LogP contribution is 2.22. The number of esters is 2. The number of fused-ring (bicyclic) bond motifs is 1. The van der Waals surface area contributed by atoms with Gasteiger partial charge in [0.05, 0.1) is 29.7 Å². The van der Waals surface area contributed by atoms with E-state index in [9.17, 15) is 22.8 Å². The molecule has 10 nitrogen and oxygen atoms in total. The standard InChI is InChI=1S/C19H21N3O7S/c1-10-15(19(25)28-4)11(2)20-16(10)17(23)12(3)29-18(24)13-5-6-14-21-30(26,27)8-7-22(14)9-13/h5-6,9,12,20H,7-8H2,1-4H3. The van der Waals surface area contributed by atoms with Gasteiger partial charge >= 0.3 is 11.9 Å². The number of H-pyrrole nitrogens is 1. The van der Waals surface area contributed by atoms with Crippen molar-refractivity contribution >= 4 is 33.6 Å². The van der Waals surface area contributed by atoms with Crippen molar-refractivity contribution in [2.45, 2.75) is 26.9 Å². The summed E-state index contributed by atoms with van der Waals surface area (Å²) < 4.78 is 36.8. The third-order valence-corrected chi connectivity index (χ3v) is 5.95. The van der Waals surface area contributed by atoms with E-state index in [2.05, 4.69) is 9.38 Å². The van der Waals surface area contributed by atoms with Crippen molar-refractivity contribution in [3.8, 4) is 0 Å². The highest BCUT2D eigenvalue weighted by atomic mass is 32.2. The van der Waals surface area contributed by atoms with Gasteiger partial charge in [-0.1, -0.05) is 0 Å². The number of Topliss-reactive ketones (excluding diaryl/α,β-unsaturated/α-hetero) is 1. The van der Waals surface area contributed by atoms with Gasteiger partial charge in [0.1, 0.15) is 5.84 Å². The number of nitrogens with zero attached hydrogens (tertiary/aromatic N) is 2. The number of rotatable bonds is 5. The van der Waals surface area contributed by atoms with Crippen LogP contribution >= 0.6 is 0 Å². The molecule has 3 heterocycles. The van der Waals surface area contributed by atoms with Gasteiger partial charge in [-0.3, -0.25) is 4.79 Å². The minimum absolute atomic E-state index is 0.155. The van der Waals surface area contributed by atoms with Crippen LogP contribution in [0.15, 0.2) is 28.3 Å². The number of ketones is 1. The van der Waals surface area contributed by atoms with E-state index >= 15 is 0 Å². The fraction of sp³-hybridized carbons (Fsp3) is 0.368. The first-order chi connectivity index (χ1) is 14.0. The SMILES string of the molecule is COC(=O)c1c(C)[nH]c(C(=O)C(C)OC(=O)C2=CN3CCS(=O)(=O)N=C3C=C2)c1C. The van der Waals surface area contributed by atoms with E-state index in [0.717, 1.165) is 0 Å². The Morgan fingerprint density at radius 1 is 1.20 bits per heavy atom. The fourth-order valence-corrected chi connectivity index (χ4v) is 4.18. The molecule has 160 valence electrons. The van der Waals surface area contributed by atoms with Crippen molar-refractivity contribution in [3.05, 3.63) is 46.4 Å². The molecule has 30 heavy (non-hydrogen) atoms. The van der Waals surface area contributed by atoms with Crippen LogP contribution in [0.25, 0.3) is 0 Å². The van der Waals surface area contributed by atoms with Crippen molar-refractivity contribution in [3.63, 3.8) is 0 Å². The van der Waals surface area contributed by atoms with Gasteiger partial charge in [0.15, 0.2) is 6.10 Å². The number of aromatic amines is 1. The van der Waals surface area contributed by atoms with Gasteiger partial charge in [0.2, 0.25) is 5.78 Å². The summed E-state index contributed by atoms with van der Waals surface area (Å²) in [5.41, 5.74) is 1.48. The Bertz CT molecular complexity index is 1130. The second kappa shape index (κ2) is 7.90. The predicted molar refractivity (Wildman–Crippen MR) is 107 cm³/mol. The number of amidine groups is 1. The fourth-order valence-electron chi connectivity index (χ4n) is 3.21. The average Bonchev–Trinajstić information content (AvgIpc) is 2.99. The minimum atomic E-state index is -3.50. The molecule has 0 saturated heterocycles. The highest BCUT2D eigenvalue weighted by Gasteiger charge is 2.29. The van der Waals surface area contributed by atoms with Crippen LogP contribution in [0.5, 0.6) is 0 Å². The molecule has 11 heteroatoms. The van der Waals surface area contributed by atoms with E-state index in [1.54, 1.807) is 13.8 Å². The Morgan fingerprint density at radius 2 is 1.90 bits per heavy atom. The normalized spacial score (nSPS) is 18.1. The van der Waals surface area contributed by atoms with Crippen molar-refractivity contribution < 1.29 is 32.3 Å². The van der Waals surface area contributed by atoms with Crippen molar-refractivity contribution in [1.29, 1.82) is 0 Å². The lowest BCUT2D eigenvalue weighted by molar-refractivity contribution is -0.141. The Morgan fingerprint density at radius 3 is 2.57 bits per heavy atom. The molecule has 0 bridgehead atoms. The molecule has 2 aliphatic rings. The second-order valence-corrected chi connectivity index (χ2v) is 8.63. The number of carbonyl (C=O) groups excluding carboxylic acids is 3. The second-order valence-electron chi connectivity index (χ2n) is 6.88. The lowest BCUT2D eigenvalue weighted by Crippen LogP contribution is -2.37. The number of ether oxygens (including phenoxy) is 2. The van der Waals surface area contributed by atoms with Crippen LogP contribution in [-0.2, 0) is 24.3 Å². The Balaban J connectivity index is 1.74. The van der Waals surface area contributed by atoms with Gasteiger partial charge in [0, 0.05) is 18.4 Å². The smallest absolute Gasteiger partial charge is 0.340 e. The van der Waals surface area contributed by atoms with Crippen LogP contribution < -0.4 is 0 Å². The molecule has 1 aromatic rings. The third-order valence-electron chi connectivity index (χ3n) is 4.79. The van der Waals surface area contributed by atoms with Gasteiger partial charge < -0.3 is 19.4 Å². The first-order valence-electron chi connectivity index (χ1n) is 9.06. The Hall–Kier alpha value is -3.21. The van der Waals surface area contributed by atoms with Crippen LogP contribution in [-0.4, -0.2) is 67.4 Å². The van der Waals surface area contributed by atoms with Gasteiger partial charge in [-0.05, 0) is 38.5 Å². The van der Waals surface area contributed by atoms with Crippen LogP contribution in [0.1, 0.15) is 39.0 Å². The summed E-state index contributed by atoms with van der Waals surface area (Å²) in [6.07, 6.45) is 3.11. The lowest BCUT2D eigenvalue weighted by Gasteiger charge is -2.27. The van der Waals surface area contributed by atoms with Gasteiger partial charge in [-0.2, -0.15) is 0 Å². The van der Waals surface area contributed by atoms with E-state index in [1.165, 1.54) is 37.3 Å². The van der Waals surface area contributed by atoms with Crippen molar-refractivity contribution in [2.24, 2.45) is 4.40 Å². The number of aromatic nitrogens is 1. The molecule has 0 amide bonds. The number of methoxy groups -OCH3 is 1. The van der Waals surface area contributed by atoms with E-state index in [-0.39, 0.29) is 35.0 Å². The Kier molecular flexibility index (Phi) is 5.66. The summed E-state index contributed by atoms with van der Waals surface area (Å²) in [6, 6.07) is 0.